The fourth-order valence-electron chi connectivity index (χ4n) is 2.35. The third kappa shape index (κ3) is 4.00. The number of carbonyl (C=O) groups excluding carboxylic acids is 1. The lowest BCUT2D eigenvalue weighted by atomic mass is 10.1. The van der Waals surface area contributed by atoms with E-state index in [1.54, 1.807) is 6.08 Å². The molecule has 1 aromatic carbocycles. The first-order chi connectivity index (χ1) is 10.4. The molecule has 4 nitrogen and oxygen atoms in total. The van der Waals surface area contributed by atoms with Crippen molar-refractivity contribution >= 4 is 11.7 Å². The Labute approximate surface area is 127 Å². The molecular formula is C15H18F3N3O. The lowest BCUT2D eigenvalue weighted by Crippen LogP contribution is -2.50. The van der Waals surface area contributed by atoms with Gasteiger partial charge in [0.2, 0.25) is 0 Å². The van der Waals surface area contributed by atoms with E-state index in [9.17, 15) is 18.0 Å². The largest absolute Gasteiger partial charge is 0.418 e. The molecule has 1 N–H and O–H groups in total. The molecule has 1 aromatic rings. The van der Waals surface area contributed by atoms with Crippen molar-refractivity contribution in [2.75, 3.05) is 38.0 Å². The van der Waals surface area contributed by atoms with Crippen LogP contribution in [0.4, 0.5) is 23.7 Å². The van der Waals surface area contributed by atoms with Crippen molar-refractivity contribution in [2.24, 2.45) is 0 Å². The highest BCUT2D eigenvalue weighted by molar-refractivity contribution is 5.90. The number of hydrogen-bond acceptors (Lipinski definition) is 2. The number of nitrogens with zero attached hydrogens (tertiary/aromatic N) is 2. The molecule has 1 fully saturated rings. The molecule has 0 unspecified atom stereocenters. The maximum absolute atomic E-state index is 12.9. The summed E-state index contributed by atoms with van der Waals surface area (Å²) in [6.45, 7) is 6.72. The zero-order chi connectivity index (χ0) is 16.2. The van der Waals surface area contributed by atoms with Crippen LogP contribution in [0, 0.1) is 0 Å². The van der Waals surface area contributed by atoms with Gasteiger partial charge < -0.3 is 10.2 Å². The first-order valence-corrected chi connectivity index (χ1v) is 6.97. The van der Waals surface area contributed by atoms with Crippen molar-refractivity contribution < 1.29 is 18.0 Å². The Bertz CT molecular complexity index is 537. The van der Waals surface area contributed by atoms with E-state index < -0.39 is 17.8 Å². The number of para-hydroxylation sites is 1. The summed E-state index contributed by atoms with van der Waals surface area (Å²) in [4.78, 5) is 15.8. The summed E-state index contributed by atoms with van der Waals surface area (Å²) in [6, 6.07) is 4.47. The Morgan fingerprint density at radius 1 is 1.23 bits per heavy atom. The van der Waals surface area contributed by atoms with Gasteiger partial charge in [-0.1, -0.05) is 18.2 Å². The van der Waals surface area contributed by atoms with Crippen LogP contribution in [-0.2, 0) is 6.18 Å². The fourth-order valence-corrected chi connectivity index (χ4v) is 2.35. The van der Waals surface area contributed by atoms with Crippen LogP contribution in [0.1, 0.15) is 5.56 Å². The van der Waals surface area contributed by atoms with Gasteiger partial charge in [-0.25, -0.2) is 4.79 Å². The standard InChI is InChI=1S/C15H18F3N3O/c1-2-7-20-8-10-21(11-9-20)14(22)19-13-6-4-3-5-12(13)15(16,17)18/h2-6H,1,7-11H2,(H,19,22). The number of nitrogens with one attached hydrogen (secondary N) is 1. The van der Waals surface area contributed by atoms with Gasteiger partial charge in [-0.2, -0.15) is 13.2 Å². The number of halogens is 3. The van der Waals surface area contributed by atoms with E-state index in [0.29, 0.717) is 26.2 Å². The molecule has 0 atom stereocenters. The van der Waals surface area contributed by atoms with Crippen LogP contribution >= 0.6 is 0 Å². The quantitative estimate of drug-likeness (QED) is 0.871. The van der Waals surface area contributed by atoms with Gasteiger partial charge in [0.1, 0.15) is 0 Å². The summed E-state index contributed by atoms with van der Waals surface area (Å²) in [5, 5.41) is 2.36. The highest BCUT2D eigenvalue weighted by atomic mass is 19.4. The first-order valence-electron chi connectivity index (χ1n) is 6.97. The molecule has 0 radical (unpaired) electrons. The third-order valence-electron chi connectivity index (χ3n) is 3.52. The normalized spacial score (nSPS) is 16.4. The molecule has 0 aromatic heterocycles. The average Bonchev–Trinajstić information content (AvgIpc) is 2.48. The Morgan fingerprint density at radius 3 is 2.45 bits per heavy atom. The zero-order valence-electron chi connectivity index (χ0n) is 12.1. The van der Waals surface area contributed by atoms with Gasteiger partial charge in [-0.15, -0.1) is 6.58 Å². The molecular weight excluding hydrogens is 295 g/mol. The zero-order valence-corrected chi connectivity index (χ0v) is 12.1. The number of urea groups is 1. The van der Waals surface area contributed by atoms with Crippen LogP contribution in [0.3, 0.4) is 0 Å². The Morgan fingerprint density at radius 2 is 1.86 bits per heavy atom. The molecule has 22 heavy (non-hydrogen) atoms. The minimum Gasteiger partial charge on any atom is -0.322 e. The van der Waals surface area contributed by atoms with Gasteiger partial charge in [0.15, 0.2) is 0 Å². The molecule has 7 heteroatoms. The van der Waals surface area contributed by atoms with Crippen LogP contribution in [0.5, 0.6) is 0 Å². The molecule has 1 aliphatic heterocycles. The summed E-state index contributed by atoms with van der Waals surface area (Å²) in [5.74, 6) is 0. The van der Waals surface area contributed by atoms with Gasteiger partial charge in [0.05, 0.1) is 11.3 Å². The number of benzene rings is 1. The highest BCUT2D eigenvalue weighted by Gasteiger charge is 2.34. The second-order valence-electron chi connectivity index (χ2n) is 5.05. The second-order valence-corrected chi connectivity index (χ2v) is 5.05. The molecule has 1 saturated heterocycles. The van der Waals surface area contributed by atoms with E-state index in [2.05, 4.69) is 16.8 Å². The molecule has 0 aliphatic carbocycles. The molecule has 1 aliphatic rings. The van der Waals surface area contributed by atoms with Crippen LogP contribution < -0.4 is 5.32 Å². The number of alkyl halides is 3. The molecule has 0 bridgehead atoms. The summed E-state index contributed by atoms with van der Waals surface area (Å²) < 4.78 is 38.7. The predicted molar refractivity (Wildman–Crippen MR) is 78.7 cm³/mol. The van der Waals surface area contributed by atoms with Gasteiger partial charge in [-0.3, -0.25) is 4.90 Å². The summed E-state index contributed by atoms with van der Waals surface area (Å²) in [7, 11) is 0. The van der Waals surface area contributed by atoms with Crippen LogP contribution in [0.15, 0.2) is 36.9 Å². The van der Waals surface area contributed by atoms with Crippen molar-refractivity contribution in [1.29, 1.82) is 0 Å². The number of amides is 2. The van der Waals surface area contributed by atoms with Gasteiger partial charge in [0.25, 0.3) is 0 Å². The maximum atomic E-state index is 12.9. The number of carbonyl (C=O) groups is 1. The van der Waals surface area contributed by atoms with Gasteiger partial charge >= 0.3 is 12.2 Å². The molecule has 120 valence electrons. The van der Waals surface area contributed by atoms with Gasteiger partial charge in [-0.05, 0) is 12.1 Å². The fraction of sp³-hybridized carbons (Fsp3) is 0.400. The molecule has 0 saturated carbocycles. The van der Waals surface area contributed by atoms with Crippen molar-refractivity contribution in [2.45, 2.75) is 6.18 Å². The van der Waals surface area contributed by atoms with Crippen molar-refractivity contribution in [3.63, 3.8) is 0 Å². The van der Waals surface area contributed by atoms with Crippen LogP contribution in [0.2, 0.25) is 0 Å². The predicted octanol–water partition coefficient (Wildman–Crippen LogP) is 3.04. The number of rotatable bonds is 3. The SMILES string of the molecule is C=CCN1CCN(C(=O)Nc2ccccc2C(F)(F)F)CC1. The second kappa shape index (κ2) is 6.83. The molecule has 2 amide bonds. The van der Waals surface area contributed by atoms with Crippen LogP contribution in [0.25, 0.3) is 0 Å². The topological polar surface area (TPSA) is 35.6 Å². The van der Waals surface area contributed by atoms with Crippen LogP contribution in [-0.4, -0.2) is 48.6 Å². The Hall–Kier alpha value is -2.02. The van der Waals surface area contributed by atoms with E-state index in [-0.39, 0.29) is 5.69 Å². The summed E-state index contributed by atoms with van der Waals surface area (Å²) in [5.41, 5.74) is -1.05. The third-order valence-corrected chi connectivity index (χ3v) is 3.52. The Kier molecular flexibility index (Phi) is 5.07. The van der Waals surface area contributed by atoms with E-state index in [4.69, 9.17) is 0 Å². The van der Waals surface area contributed by atoms with Crippen molar-refractivity contribution in [1.82, 2.24) is 9.80 Å². The number of piperazine rings is 1. The van der Waals surface area contributed by atoms with Gasteiger partial charge in [0, 0.05) is 32.7 Å². The van der Waals surface area contributed by atoms with E-state index >= 15 is 0 Å². The van der Waals surface area contributed by atoms with E-state index in [1.807, 2.05) is 0 Å². The molecule has 2 rings (SSSR count). The lowest BCUT2D eigenvalue weighted by Gasteiger charge is -2.34. The summed E-state index contributed by atoms with van der Waals surface area (Å²) >= 11 is 0. The average molecular weight is 313 g/mol. The highest BCUT2D eigenvalue weighted by Crippen LogP contribution is 2.34. The van der Waals surface area contributed by atoms with E-state index in [1.165, 1.54) is 23.1 Å². The molecule has 1 heterocycles. The van der Waals surface area contributed by atoms with E-state index in [0.717, 1.165) is 12.6 Å². The Balaban J connectivity index is 2.00. The number of hydrogen-bond donors (Lipinski definition) is 1. The van der Waals surface area contributed by atoms with Crippen molar-refractivity contribution in [3.05, 3.63) is 42.5 Å². The smallest absolute Gasteiger partial charge is 0.322 e. The minimum absolute atomic E-state index is 0.214. The monoisotopic (exact) mass is 313 g/mol. The van der Waals surface area contributed by atoms with Crippen molar-refractivity contribution in [3.8, 4) is 0 Å². The first kappa shape index (κ1) is 16.4. The number of anilines is 1. The molecule has 0 spiro atoms. The maximum Gasteiger partial charge on any atom is 0.418 e. The summed E-state index contributed by atoms with van der Waals surface area (Å²) in [6.07, 6.45) is -2.71. The minimum atomic E-state index is -4.49. The lowest BCUT2D eigenvalue weighted by molar-refractivity contribution is -0.136.